The Morgan fingerprint density at radius 1 is 1.19 bits per heavy atom. The van der Waals surface area contributed by atoms with Gasteiger partial charge in [0.1, 0.15) is 11.5 Å². The molecule has 1 atom stereocenters. The molecule has 0 spiro atoms. The fourth-order valence-electron chi connectivity index (χ4n) is 3.94. The Balaban J connectivity index is 1.37. The molecule has 0 bridgehead atoms. The molecule has 0 aliphatic carbocycles. The van der Waals surface area contributed by atoms with Crippen LogP contribution in [0.25, 0.3) is 11.4 Å². The number of nitrogens with one attached hydrogen (secondary N) is 1. The van der Waals surface area contributed by atoms with Crippen LogP contribution in [-0.4, -0.2) is 48.3 Å². The van der Waals surface area contributed by atoms with Gasteiger partial charge >= 0.3 is 0 Å². The van der Waals surface area contributed by atoms with E-state index in [2.05, 4.69) is 20.4 Å². The Morgan fingerprint density at radius 3 is 2.75 bits per heavy atom. The van der Waals surface area contributed by atoms with Crippen molar-refractivity contribution in [1.29, 1.82) is 0 Å². The van der Waals surface area contributed by atoms with Crippen molar-refractivity contribution in [3.63, 3.8) is 0 Å². The molecular weight excluding hydrogens is 408 g/mol. The number of likely N-dealkylation sites (tertiary alicyclic amines) is 1. The van der Waals surface area contributed by atoms with E-state index in [1.54, 1.807) is 14.2 Å². The monoisotopic (exact) mass is 436 g/mol. The van der Waals surface area contributed by atoms with Gasteiger partial charge in [-0.3, -0.25) is 9.69 Å². The minimum atomic E-state index is -0.113. The van der Waals surface area contributed by atoms with Crippen molar-refractivity contribution in [1.82, 2.24) is 15.0 Å². The van der Waals surface area contributed by atoms with Crippen LogP contribution in [0.5, 0.6) is 11.5 Å². The highest BCUT2D eigenvalue weighted by molar-refractivity contribution is 5.94. The molecule has 4 rings (SSSR count). The molecule has 2 aromatic carbocycles. The molecule has 1 N–H and O–H groups in total. The van der Waals surface area contributed by atoms with E-state index in [4.69, 9.17) is 14.0 Å². The first-order valence-corrected chi connectivity index (χ1v) is 10.7. The molecule has 1 saturated heterocycles. The van der Waals surface area contributed by atoms with E-state index in [0.717, 1.165) is 36.3 Å². The van der Waals surface area contributed by atoms with Gasteiger partial charge in [0.25, 0.3) is 0 Å². The molecule has 1 aliphatic rings. The van der Waals surface area contributed by atoms with Crippen LogP contribution < -0.4 is 14.8 Å². The summed E-state index contributed by atoms with van der Waals surface area (Å²) in [7, 11) is 3.23. The molecule has 8 heteroatoms. The molecule has 2 heterocycles. The molecule has 1 aromatic heterocycles. The number of ether oxygens (including phenoxy) is 2. The summed E-state index contributed by atoms with van der Waals surface area (Å²) in [6.45, 7) is 4.03. The number of benzene rings is 2. The summed E-state index contributed by atoms with van der Waals surface area (Å²) in [5.41, 5.74) is 2.63. The third-order valence-corrected chi connectivity index (χ3v) is 5.66. The number of carbonyl (C=O) groups is 1. The smallest absolute Gasteiger partial charge is 0.241 e. The second-order valence-corrected chi connectivity index (χ2v) is 8.01. The molecule has 32 heavy (non-hydrogen) atoms. The summed E-state index contributed by atoms with van der Waals surface area (Å²) >= 11 is 0. The number of amides is 1. The average molecular weight is 437 g/mol. The van der Waals surface area contributed by atoms with Crippen molar-refractivity contribution < 1.29 is 18.8 Å². The third kappa shape index (κ3) is 5.08. The minimum absolute atomic E-state index is 0.00282. The third-order valence-electron chi connectivity index (χ3n) is 5.66. The predicted molar refractivity (Wildman–Crippen MR) is 121 cm³/mol. The lowest BCUT2D eigenvalue weighted by molar-refractivity contribution is -0.121. The van der Waals surface area contributed by atoms with E-state index in [9.17, 15) is 4.79 Å². The van der Waals surface area contributed by atoms with Crippen LogP contribution in [0.15, 0.2) is 47.0 Å². The maximum absolute atomic E-state index is 12.9. The van der Waals surface area contributed by atoms with Crippen molar-refractivity contribution in [2.75, 3.05) is 32.6 Å². The highest BCUT2D eigenvalue weighted by Gasteiger charge is 2.27. The molecule has 8 nitrogen and oxygen atoms in total. The van der Waals surface area contributed by atoms with Gasteiger partial charge < -0.3 is 19.3 Å². The number of hydrogen-bond acceptors (Lipinski definition) is 7. The number of carbonyl (C=O) groups excluding carboxylic acids is 1. The van der Waals surface area contributed by atoms with Gasteiger partial charge in [0, 0.05) is 12.1 Å². The van der Waals surface area contributed by atoms with Crippen LogP contribution in [-0.2, 0) is 11.3 Å². The van der Waals surface area contributed by atoms with E-state index in [1.807, 2.05) is 49.4 Å². The van der Waals surface area contributed by atoms with Gasteiger partial charge in [-0.15, -0.1) is 0 Å². The van der Waals surface area contributed by atoms with Gasteiger partial charge in [-0.2, -0.15) is 4.98 Å². The lowest BCUT2D eigenvalue weighted by Gasteiger charge is -2.31. The van der Waals surface area contributed by atoms with Crippen molar-refractivity contribution in [3.05, 3.63) is 53.9 Å². The molecular formula is C24H28N4O4. The Hall–Kier alpha value is -3.39. The van der Waals surface area contributed by atoms with Crippen LogP contribution in [0.2, 0.25) is 0 Å². The standard InChI is InChI=1S/C24H28N4O4/c1-16-6-11-21(31-3)20(13-16)25-24(29)18-5-4-12-28(14-18)15-22-26-23(27-32-22)17-7-9-19(30-2)10-8-17/h6-11,13,18H,4-5,12,14-15H2,1-3H3,(H,25,29). The van der Waals surface area contributed by atoms with Crippen LogP contribution in [0.4, 0.5) is 5.69 Å². The fraction of sp³-hybridized carbons (Fsp3) is 0.375. The zero-order chi connectivity index (χ0) is 22.5. The van der Waals surface area contributed by atoms with E-state index in [0.29, 0.717) is 36.2 Å². The van der Waals surface area contributed by atoms with Gasteiger partial charge in [-0.25, -0.2) is 0 Å². The van der Waals surface area contributed by atoms with Gasteiger partial charge in [-0.1, -0.05) is 11.2 Å². The Morgan fingerprint density at radius 2 is 2.00 bits per heavy atom. The van der Waals surface area contributed by atoms with Crippen LogP contribution in [0.3, 0.4) is 0 Å². The number of rotatable bonds is 7. The molecule has 168 valence electrons. The maximum atomic E-state index is 12.9. The normalized spacial score (nSPS) is 16.5. The van der Waals surface area contributed by atoms with Crippen LogP contribution in [0, 0.1) is 12.8 Å². The second kappa shape index (κ2) is 9.82. The Bertz CT molecular complexity index is 1060. The van der Waals surface area contributed by atoms with E-state index in [-0.39, 0.29) is 11.8 Å². The van der Waals surface area contributed by atoms with Crippen LogP contribution >= 0.6 is 0 Å². The number of aromatic nitrogens is 2. The minimum Gasteiger partial charge on any atom is -0.497 e. The summed E-state index contributed by atoms with van der Waals surface area (Å²) in [5, 5.41) is 7.14. The van der Waals surface area contributed by atoms with E-state index < -0.39 is 0 Å². The number of methoxy groups -OCH3 is 2. The lowest BCUT2D eigenvalue weighted by atomic mass is 9.97. The number of hydrogen-bond donors (Lipinski definition) is 1. The summed E-state index contributed by atoms with van der Waals surface area (Å²) in [4.78, 5) is 19.6. The van der Waals surface area contributed by atoms with Gasteiger partial charge in [0.15, 0.2) is 0 Å². The van der Waals surface area contributed by atoms with E-state index >= 15 is 0 Å². The summed E-state index contributed by atoms with van der Waals surface area (Å²) in [6.07, 6.45) is 1.78. The van der Waals surface area contributed by atoms with Crippen molar-refractivity contribution in [2.24, 2.45) is 5.92 Å². The second-order valence-electron chi connectivity index (χ2n) is 8.01. The SMILES string of the molecule is COc1ccc(-c2noc(CN3CCCC(C(=O)Nc4cc(C)ccc4OC)C3)n2)cc1. The molecule has 1 amide bonds. The van der Waals surface area contributed by atoms with Crippen molar-refractivity contribution in [3.8, 4) is 22.9 Å². The first-order chi connectivity index (χ1) is 15.6. The highest BCUT2D eigenvalue weighted by Crippen LogP contribution is 2.27. The van der Waals surface area contributed by atoms with Gasteiger partial charge in [0.05, 0.1) is 32.4 Å². The maximum Gasteiger partial charge on any atom is 0.241 e. The Kier molecular flexibility index (Phi) is 6.70. The molecule has 1 unspecified atom stereocenters. The zero-order valence-corrected chi connectivity index (χ0v) is 18.6. The summed E-state index contributed by atoms with van der Waals surface area (Å²) in [5.74, 6) is 2.41. The van der Waals surface area contributed by atoms with Gasteiger partial charge in [0.2, 0.25) is 17.6 Å². The summed E-state index contributed by atoms with van der Waals surface area (Å²) in [6, 6.07) is 13.3. The molecule has 0 saturated carbocycles. The van der Waals surface area contributed by atoms with E-state index in [1.165, 1.54) is 0 Å². The molecule has 3 aromatic rings. The summed E-state index contributed by atoms with van der Waals surface area (Å²) < 4.78 is 16.0. The molecule has 1 fully saturated rings. The number of anilines is 1. The van der Waals surface area contributed by atoms with Crippen molar-refractivity contribution >= 4 is 11.6 Å². The molecule has 0 radical (unpaired) electrons. The topological polar surface area (TPSA) is 89.7 Å². The Labute approximate surface area is 187 Å². The molecule has 1 aliphatic heterocycles. The highest BCUT2D eigenvalue weighted by atomic mass is 16.5. The first-order valence-electron chi connectivity index (χ1n) is 10.7. The van der Waals surface area contributed by atoms with Crippen LogP contribution in [0.1, 0.15) is 24.3 Å². The number of nitrogens with zero attached hydrogens (tertiary/aromatic N) is 3. The first kappa shape index (κ1) is 21.8. The zero-order valence-electron chi connectivity index (χ0n) is 18.6. The predicted octanol–water partition coefficient (Wildman–Crippen LogP) is 3.91. The largest absolute Gasteiger partial charge is 0.497 e. The van der Waals surface area contributed by atoms with Gasteiger partial charge in [-0.05, 0) is 68.3 Å². The number of aryl methyl sites for hydroxylation is 1. The lowest BCUT2D eigenvalue weighted by Crippen LogP contribution is -2.40. The quantitative estimate of drug-likeness (QED) is 0.600. The average Bonchev–Trinajstić information content (AvgIpc) is 3.28. The fourth-order valence-corrected chi connectivity index (χ4v) is 3.94. The number of piperidine rings is 1. The van der Waals surface area contributed by atoms with Crippen molar-refractivity contribution in [2.45, 2.75) is 26.3 Å².